The van der Waals surface area contributed by atoms with E-state index in [1.54, 1.807) is 12.4 Å². The Bertz CT molecular complexity index is 271. The molecule has 62 valence electrons. The Hall–Kier alpha value is -1.40. The maximum Gasteiger partial charge on any atom is 0.115 e. The molecular weight excluding hydrogens is 150 g/mol. The van der Waals surface area contributed by atoms with Crippen molar-refractivity contribution in [3.05, 3.63) is 24.3 Å². The first-order valence-electron chi connectivity index (χ1n) is 3.82. The van der Waals surface area contributed by atoms with Crippen LogP contribution in [0.4, 0.5) is 0 Å². The van der Waals surface area contributed by atoms with Crippen molar-refractivity contribution in [2.24, 2.45) is 0 Å². The molecule has 0 saturated carbocycles. The Labute approximate surface area is 72.2 Å². The van der Waals surface area contributed by atoms with E-state index in [4.69, 9.17) is 0 Å². The summed E-state index contributed by atoms with van der Waals surface area (Å²) in [5.74, 6) is 5.97. The van der Waals surface area contributed by atoms with Gasteiger partial charge in [0.15, 0.2) is 0 Å². The topological polar surface area (TPSA) is 37.8 Å². The van der Waals surface area contributed by atoms with Gasteiger partial charge in [-0.05, 0) is 7.05 Å². The molecule has 1 aromatic heterocycles. The van der Waals surface area contributed by atoms with Gasteiger partial charge in [0.2, 0.25) is 0 Å². The third-order valence-corrected chi connectivity index (χ3v) is 1.29. The van der Waals surface area contributed by atoms with Gasteiger partial charge in [-0.3, -0.25) is 0 Å². The molecule has 3 heteroatoms. The van der Waals surface area contributed by atoms with Gasteiger partial charge < -0.3 is 5.32 Å². The summed E-state index contributed by atoms with van der Waals surface area (Å²) in [5.41, 5.74) is 0.869. The summed E-state index contributed by atoms with van der Waals surface area (Å²) in [7, 11) is 1.91. The standard InChI is InChI=1S/C9H11N3/c1-10-5-3-2-4-9-6-11-8-12-7-9/h6-8,10H,3,5H2,1H3. The summed E-state index contributed by atoms with van der Waals surface area (Å²) in [5, 5.41) is 3.02. The summed E-state index contributed by atoms with van der Waals surface area (Å²) < 4.78 is 0. The maximum absolute atomic E-state index is 3.85. The van der Waals surface area contributed by atoms with Crippen LogP contribution in [0.3, 0.4) is 0 Å². The van der Waals surface area contributed by atoms with Crippen molar-refractivity contribution in [3.63, 3.8) is 0 Å². The highest BCUT2D eigenvalue weighted by atomic mass is 14.8. The van der Waals surface area contributed by atoms with Gasteiger partial charge in [-0.25, -0.2) is 9.97 Å². The highest BCUT2D eigenvalue weighted by Gasteiger charge is 1.82. The summed E-state index contributed by atoms with van der Waals surface area (Å²) in [6.45, 7) is 0.917. The first-order valence-corrected chi connectivity index (χ1v) is 3.82. The van der Waals surface area contributed by atoms with E-state index in [-0.39, 0.29) is 0 Å². The largest absolute Gasteiger partial charge is 0.319 e. The van der Waals surface area contributed by atoms with Gasteiger partial charge in [0.25, 0.3) is 0 Å². The molecule has 1 N–H and O–H groups in total. The van der Waals surface area contributed by atoms with Crippen LogP contribution in [0, 0.1) is 11.8 Å². The average molecular weight is 161 g/mol. The van der Waals surface area contributed by atoms with Crippen LogP contribution in [0.15, 0.2) is 18.7 Å². The van der Waals surface area contributed by atoms with Crippen LogP contribution in [-0.2, 0) is 0 Å². The minimum atomic E-state index is 0.853. The van der Waals surface area contributed by atoms with Crippen molar-refractivity contribution in [2.75, 3.05) is 13.6 Å². The zero-order valence-corrected chi connectivity index (χ0v) is 7.04. The van der Waals surface area contributed by atoms with Crippen molar-refractivity contribution >= 4 is 0 Å². The Morgan fingerprint density at radius 1 is 1.42 bits per heavy atom. The van der Waals surface area contributed by atoms with Crippen molar-refractivity contribution in [1.82, 2.24) is 15.3 Å². The lowest BCUT2D eigenvalue weighted by Crippen LogP contribution is -2.05. The first kappa shape index (κ1) is 8.69. The monoisotopic (exact) mass is 161 g/mol. The van der Waals surface area contributed by atoms with Gasteiger partial charge in [-0.2, -0.15) is 0 Å². The molecule has 1 rings (SSSR count). The molecule has 3 nitrogen and oxygen atoms in total. The number of nitrogens with one attached hydrogen (secondary N) is 1. The molecule has 0 saturated heterocycles. The average Bonchev–Trinajstić information content (AvgIpc) is 2.14. The zero-order chi connectivity index (χ0) is 8.65. The van der Waals surface area contributed by atoms with Crippen LogP contribution in [0.2, 0.25) is 0 Å². The van der Waals surface area contributed by atoms with E-state index in [1.807, 2.05) is 7.05 Å². The van der Waals surface area contributed by atoms with Gasteiger partial charge in [0.1, 0.15) is 6.33 Å². The number of hydrogen-bond donors (Lipinski definition) is 1. The van der Waals surface area contributed by atoms with Crippen molar-refractivity contribution in [2.45, 2.75) is 6.42 Å². The molecule has 0 spiro atoms. The zero-order valence-electron chi connectivity index (χ0n) is 7.04. The van der Waals surface area contributed by atoms with E-state index in [0.717, 1.165) is 18.5 Å². The summed E-state index contributed by atoms with van der Waals surface area (Å²) >= 11 is 0. The van der Waals surface area contributed by atoms with Crippen LogP contribution in [0.5, 0.6) is 0 Å². The molecule has 0 aliphatic carbocycles. The fraction of sp³-hybridized carbons (Fsp3) is 0.333. The molecule has 12 heavy (non-hydrogen) atoms. The van der Waals surface area contributed by atoms with Gasteiger partial charge in [-0.1, -0.05) is 11.8 Å². The van der Waals surface area contributed by atoms with Crippen LogP contribution < -0.4 is 5.32 Å². The lowest BCUT2D eigenvalue weighted by Gasteiger charge is -1.88. The summed E-state index contributed by atoms with van der Waals surface area (Å²) in [4.78, 5) is 7.71. The number of aromatic nitrogens is 2. The predicted octanol–water partition coefficient (Wildman–Crippen LogP) is 0.438. The Balaban J connectivity index is 2.44. The van der Waals surface area contributed by atoms with Crippen LogP contribution in [-0.4, -0.2) is 23.6 Å². The van der Waals surface area contributed by atoms with E-state index in [9.17, 15) is 0 Å². The molecule has 0 fully saturated rings. The number of nitrogens with zero attached hydrogens (tertiary/aromatic N) is 2. The highest BCUT2D eigenvalue weighted by molar-refractivity contribution is 5.28. The lowest BCUT2D eigenvalue weighted by molar-refractivity contribution is 0.818. The summed E-state index contributed by atoms with van der Waals surface area (Å²) in [6, 6.07) is 0. The molecule has 0 aliphatic heterocycles. The lowest BCUT2D eigenvalue weighted by atomic mass is 10.3. The second-order valence-electron chi connectivity index (χ2n) is 2.28. The Kier molecular flexibility index (Phi) is 3.82. The van der Waals surface area contributed by atoms with Gasteiger partial charge in [0, 0.05) is 25.4 Å². The predicted molar refractivity (Wildman–Crippen MR) is 47.5 cm³/mol. The highest BCUT2D eigenvalue weighted by Crippen LogP contribution is 1.88. The van der Waals surface area contributed by atoms with Gasteiger partial charge in [-0.15, -0.1) is 0 Å². The fourth-order valence-corrected chi connectivity index (χ4v) is 0.716. The van der Waals surface area contributed by atoms with E-state index in [0.29, 0.717) is 0 Å². The Morgan fingerprint density at radius 3 is 2.83 bits per heavy atom. The molecule has 1 heterocycles. The Morgan fingerprint density at radius 2 is 2.17 bits per heavy atom. The van der Waals surface area contributed by atoms with Crippen LogP contribution >= 0.6 is 0 Å². The third-order valence-electron chi connectivity index (χ3n) is 1.29. The second kappa shape index (κ2) is 5.28. The quantitative estimate of drug-likeness (QED) is 0.505. The van der Waals surface area contributed by atoms with E-state index in [1.165, 1.54) is 6.33 Å². The van der Waals surface area contributed by atoms with E-state index < -0.39 is 0 Å². The molecule has 0 radical (unpaired) electrons. The van der Waals surface area contributed by atoms with E-state index in [2.05, 4.69) is 27.1 Å². The third kappa shape index (κ3) is 3.13. The molecule has 0 amide bonds. The smallest absolute Gasteiger partial charge is 0.115 e. The van der Waals surface area contributed by atoms with Crippen molar-refractivity contribution in [3.8, 4) is 11.8 Å². The van der Waals surface area contributed by atoms with E-state index >= 15 is 0 Å². The molecular formula is C9H11N3. The van der Waals surface area contributed by atoms with Crippen molar-refractivity contribution < 1.29 is 0 Å². The number of hydrogen-bond acceptors (Lipinski definition) is 3. The molecule has 1 aromatic rings. The minimum absolute atomic E-state index is 0.853. The molecule has 0 unspecified atom stereocenters. The fourth-order valence-electron chi connectivity index (χ4n) is 0.716. The summed E-state index contributed by atoms with van der Waals surface area (Å²) in [6.07, 6.45) is 5.77. The SMILES string of the molecule is CNCCC#Cc1cncnc1. The molecule has 0 aliphatic rings. The maximum atomic E-state index is 3.85. The molecule has 0 bridgehead atoms. The van der Waals surface area contributed by atoms with Crippen LogP contribution in [0.25, 0.3) is 0 Å². The number of rotatable bonds is 2. The second-order valence-corrected chi connectivity index (χ2v) is 2.28. The van der Waals surface area contributed by atoms with Crippen molar-refractivity contribution in [1.29, 1.82) is 0 Å². The first-order chi connectivity index (χ1) is 5.93. The van der Waals surface area contributed by atoms with Gasteiger partial charge in [0.05, 0.1) is 5.56 Å². The molecule has 0 atom stereocenters. The van der Waals surface area contributed by atoms with Gasteiger partial charge >= 0.3 is 0 Å². The minimum Gasteiger partial charge on any atom is -0.319 e. The van der Waals surface area contributed by atoms with Crippen LogP contribution in [0.1, 0.15) is 12.0 Å². The normalized spacial score (nSPS) is 8.75. The molecule has 0 aromatic carbocycles.